The smallest absolute Gasteiger partial charge is 0.341 e. The van der Waals surface area contributed by atoms with Crippen molar-refractivity contribution in [2.75, 3.05) is 19.0 Å². The van der Waals surface area contributed by atoms with Crippen LogP contribution >= 0.6 is 0 Å². The van der Waals surface area contributed by atoms with Gasteiger partial charge in [-0.15, -0.1) is 0 Å². The molecule has 0 bridgehead atoms. The summed E-state index contributed by atoms with van der Waals surface area (Å²) in [5.74, 6) is -0.784. The third-order valence-electron chi connectivity index (χ3n) is 2.88. The Morgan fingerprint density at radius 3 is 2.84 bits per heavy atom. The highest BCUT2D eigenvalue weighted by atomic mass is 19.1. The van der Waals surface area contributed by atoms with Gasteiger partial charge in [0.25, 0.3) is 0 Å². The average Bonchev–Trinajstić information content (AvgIpc) is 2.37. The fourth-order valence-corrected chi connectivity index (χ4v) is 2.11. The summed E-state index contributed by atoms with van der Waals surface area (Å²) in [4.78, 5) is 16.0. The summed E-state index contributed by atoms with van der Waals surface area (Å²) in [6.45, 7) is 3.82. The molecular weight excluding hydrogens is 247 g/mol. The van der Waals surface area contributed by atoms with Crippen molar-refractivity contribution in [1.29, 1.82) is 0 Å². The number of hydrogen-bond donors (Lipinski definition) is 1. The van der Waals surface area contributed by atoms with E-state index in [0.29, 0.717) is 23.4 Å². The molecule has 0 spiro atoms. The lowest BCUT2D eigenvalue weighted by molar-refractivity contribution is 0.0527. The van der Waals surface area contributed by atoms with Crippen LogP contribution in [0.15, 0.2) is 18.3 Å². The van der Waals surface area contributed by atoms with E-state index >= 15 is 0 Å². The molecule has 0 fully saturated rings. The van der Waals surface area contributed by atoms with Gasteiger partial charge in [0.05, 0.1) is 17.8 Å². The molecule has 4 nitrogen and oxygen atoms in total. The molecule has 0 aliphatic carbocycles. The van der Waals surface area contributed by atoms with Crippen LogP contribution in [0.25, 0.3) is 10.9 Å². The number of aromatic nitrogens is 1. The van der Waals surface area contributed by atoms with Crippen molar-refractivity contribution < 1.29 is 13.9 Å². The Kier molecular flexibility index (Phi) is 3.64. The molecule has 1 aromatic heterocycles. The van der Waals surface area contributed by atoms with Gasteiger partial charge in [0.15, 0.2) is 0 Å². The van der Waals surface area contributed by atoms with Crippen molar-refractivity contribution in [2.45, 2.75) is 13.8 Å². The van der Waals surface area contributed by atoms with E-state index in [4.69, 9.17) is 4.74 Å². The van der Waals surface area contributed by atoms with Crippen LogP contribution in [-0.4, -0.2) is 24.6 Å². The first-order chi connectivity index (χ1) is 9.08. The largest absolute Gasteiger partial charge is 0.462 e. The number of esters is 1. The van der Waals surface area contributed by atoms with Gasteiger partial charge in [0, 0.05) is 24.7 Å². The molecule has 0 amide bonds. The Bertz CT molecular complexity index is 641. The topological polar surface area (TPSA) is 51.2 Å². The number of aryl methyl sites for hydroxylation is 1. The minimum atomic E-state index is -0.440. The molecule has 1 aromatic carbocycles. The first-order valence-corrected chi connectivity index (χ1v) is 6.02. The maximum Gasteiger partial charge on any atom is 0.341 e. The van der Waals surface area contributed by atoms with Gasteiger partial charge in [-0.1, -0.05) is 0 Å². The fraction of sp³-hybridized carbons (Fsp3) is 0.286. The van der Waals surface area contributed by atoms with Crippen LogP contribution in [0.5, 0.6) is 0 Å². The van der Waals surface area contributed by atoms with Crippen molar-refractivity contribution >= 4 is 22.6 Å². The highest BCUT2D eigenvalue weighted by molar-refractivity contribution is 6.05. The Balaban J connectivity index is 2.72. The molecule has 0 radical (unpaired) electrons. The lowest BCUT2D eigenvalue weighted by Gasteiger charge is -2.13. The van der Waals surface area contributed by atoms with E-state index in [-0.39, 0.29) is 5.82 Å². The molecule has 0 saturated carbocycles. The van der Waals surface area contributed by atoms with Gasteiger partial charge in [0.2, 0.25) is 0 Å². The Morgan fingerprint density at radius 2 is 2.21 bits per heavy atom. The Hall–Kier alpha value is -2.17. The zero-order valence-corrected chi connectivity index (χ0v) is 11.1. The number of pyridine rings is 1. The SMILES string of the molecule is CCOC(=O)c1cnc2cc(F)cc(C)c2c1NC. The van der Waals surface area contributed by atoms with Crippen LogP contribution in [0.2, 0.25) is 0 Å². The summed E-state index contributed by atoms with van der Waals surface area (Å²) < 4.78 is 18.4. The summed E-state index contributed by atoms with van der Waals surface area (Å²) in [5, 5.41) is 3.71. The molecule has 0 atom stereocenters. The average molecular weight is 262 g/mol. The number of rotatable bonds is 3. The first kappa shape index (κ1) is 13.3. The second-order valence-electron chi connectivity index (χ2n) is 4.13. The van der Waals surface area contributed by atoms with Gasteiger partial charge < -0.3 is 10.1 Å². The summed E-state index contributed by atoms with van der Waals surface area (Å²) in [6.07, 6.45) is 1.41. The lowest BCUT2D eigenvalue weighted by Crippen LogP contribution is -2.09. The maximum absolute atomic E-state index is 13.4. The van der Waals surface area contributed by atoms with Crippen LogP contribution in [0.4, 0.5) is 10.1 Å². The molecule has 5 heteroatoms. The Labute approximate surface area is 110 Å². The third kappa shape index (κ3) is 2.36. The predicted octanol–water partition coefficient (Wildman–Crippen LogP) is 2.90. The molecule has 0 saturated heterocycles. The van der Waals surface area contributed by atoms with Crippen LogP contribution < -0.4 is 5.32 Å². The number of hydrogen-bond acceptors (Lipinski definition) is 4. The zero-order valence-electron chi connectivity index (χ0n) is 11.1. The second-order valence-corrected chi connectivity index (χ2v) is 4.13. The van der Waals surface area contributed by atoms with Gasteiger partial charge in [-0.05, 0) is 25.5 Å². The normalized spacial score (nSPS) is 10.5. The molecule has 2 rings (SSSR count). The molecule has 100 valence electrons. The number of carbonyl (C=O) groups is 1. The quantitative estimate of drug-likeness (QED) is 0.864. The van der Waals surface area contributed by atoms with Gasteiger partial charge in [0.1, 0.15) is 11.4 Å². The Morgan fingerprint density at radius 1 is 1.47 bits per heavy atom. The number of halogens is 1. The monoisotopic (exact) mass is 262 g/mol. The number of fused-ring (bicyclic) bond motifs is 1. The predicted molar refractivity (Wildman–Crippen MR) is 71.9 cm³/mol. The van der Waals surface area contributed by atoms with Crippen molar-refractivity contribution in [3.8, 4) is 0 Å². The summed E-state index contributed by atoms with van der Waals surface area (Å²) in [6, 6.07) is 2.76. The molecular formula is C14H15FN2O2. The van der Waals surface area contributed by atoms with Crippen LogP contribution in [0.3, 0.4) is 0 Å². The maximum atomic E-state index is 13.4. The van der Waals surface area contributed by atoms with Crippen molar-refractivity contribution in [3.05, 3.63) is 35.3 Å². The van der Waals surface area contributed by atoms with Gasteiger partial charge in [-0.3, -0.25) is 4.98 Å². The van der Waals surface area contributed by atoms with Crippen LogP contribution in [0, 0.1) is 12.7 Å². The lowest BCUT2D eigenvalue weighted by atomic mass is 10.0. The number of nitrogens with zero attached hydrogens (tertiary/aromatic N) is 1. The minimum Gasteiger partial charge on any atom is -0.462 e. The molecule has 0 aliphatic heterocycles. The van der Waals surface area contributed by atoms with E-state index in [1.165, 1.54) is 18.3 Å². The standard InChI is InChI=1S/C14H15FN2O2/c1-4-19-14(18)10-7-17-11-6-9(15)5-8(2)12(11)13(10)16-3/h5-7H,4H2,1-3H3,(H,16,17). The third-order valence-corrected chi connectivity index (χ3v) is 2.88. The van der Waals surface area contributed by atoms with Gasteiger partial charge in [-0.2, -0.15) is 0 Å². The van der Waals surface area contributed by atoms with Gasteiger partial charge >= 0.3 is 5.97 Å². The summed E-state index contributed by atoms with van der Waals surface area (Å²) in [5.41, 5.74) is 2.19. The van der Waals surface area contributed by atoms with Crippen molar-refractivity contribution in [1.82, 2.24) is 4.98 Å². The van der Waals surface area contributed by atoms with E-state index < -0.39 is 5.97 Å². The van der Waals surface area contributed by atoms with E-state index in [9.17, 15) is 9.18 Å². The number of ether oxygens (including phenoxy) is 1. The van der Waals surface area contributed by atoms with Crippen molar-refractivity contribution in [3.63, 3.8) is 0 Å². The highest BCUT2D eigenvalue weighted by Crippen LogP contribution is 2.29. The molecule has 2 aromatic rings. The van der Waals surface area contributed by atoms with Crippen molar-refractivity contribution in [2.24, 2.45) is 0 Å². The summed E-state index contributed by atoms with van der Waals surface area (Å²) >= 11 is 0. The summed E-state index contributed by atoms with van der Waals surface area (Å²) in [7, 11) is 1.71. The van der Waals surface area contributed by atoms with E-state index in [1.54, 1.807) is 20.9 Å². The fourth-order valence-electron chi connectivity index (χ4n) is 2.11. The molecule has 0 aliphatic rings. The second kappa shape index (κ2) is 5.22. The molecule has 19 heavy (non-hydrogen) atoms. The number of benzene rings is 1. The zero-order chi connectivity index (χ0) is 14.0. The number of anilines is 1. The van der Waals surface area contributed by atoms with E-state index in [0.717, 1.165) is 10.9 Å². The molecule has 0 unspecified atom stereocenters. The van der Waals surface area contributed by atoms with E-state index in [1.807, 2.05) is 0 Å². The number of carbonyl (C=O) groups excluding carboxylic acids is 1. The van der Waals surface area contributed by atoms with Crippen LogP contribution in [0.1, 0.15) is 22.8 Å². The van der Waals surface area contributed by atoms with Crippen LogP contribution in [-0.2, 0) is 4.74 Å². The number of nitrogens with one attached hydrogen (secondary N) is 1. The first-order valence-electron chi connectivity index (χ1n) is 6.02. The van der Waals surface area contributed by atoms with Gasteiger partial charge in [-0.25, -0.2) is 9.18 Å². The molecule has 1 N–H and O–H groups in total. The van der Waals surface area contributed by atoms with E-state index in [2.05, 4.69) is 10.3 Å². The highest BCUT2D eigenvalue weighted by Gasteiger charge is 2.17. The minimum absolute atomic E-state index is 0.294. The molecule has 1 heterocycles.